The lowest BCUT2D eigenvalue weighted by molar-refractivity contribution is -0.400. The molecular weight excluding hydrogens is 1330 g/mol. The van der Waals surface area contributed by atoms with E-state index in [1.54, 1.807) is 0 Å². The molecule has 550 valence electrons. The first kappa shape index (κ1) is 75.7. The number of nitrogens with one attached hydrogen (secondary N) is 1. The van der Waals surface area contributed by atoms with Crippen LogP contribution in [0.2, 0.25) is 0 Å². The molecule has 20 nitrogen and oxygen atoms in total. The lowest BCUT2D eigenvalue weighted by Gasteiger charge is -2.51. The molecule has 8 aromatic carbocycles. The molecule has 0 saturated carbocycles. The zero-order valence-electron chi connectivity index (χ0n) is 59.3. The Morgan fingerprint density at radius 2 is 0.577 bits per heavy atom. The van der Waals surface area contributed by atoms with Crippen LogP contribution in [0.3, 0.4) is 0 Å². The van der Waals surface area contributed by atoms with Crippen molar-refractivity contribution in [2.24, 2.45) is 0 Å². The van der Waals surface area contributed by atoms with Crippen molar-refractivity contribution in [1.29, 1.82) is 0 Å². The van der Waals surface area contributed by atoms with Crippen molar-refractivity contribution in [3.8, 4) is 0 Å². The Kier molecular flexibility index (Phi) is 27.9. The molecule has 20 heteroatoms. The summed E-state index contributed by atoms with van der Waals surface area (Å²) < 4.78 is 113. The summed E-state index contributed by atoms with van der Waals surface area (Å²) in [5.41, 5.74) is 6.98. The van der Waals surface area contributed by atoms with Crippen LogP contribution >= 0.6 is 0 Å². The molecule has 4 aliphatic rings. The third-order valence-electron chi connectivity index (χ3n) is 18.8. The number of aliphatic hydroxyl groups excluding tert-OH is 1. The predicted octanol–water partition coefficient (Wildman–Crippen LogP) is 11.8. The summed E-state index contributed by atoms with van der Waals surface area (Å²) in [6.45, 7) is 9.02. The molecule has 0 unspecified atom stereocenters. The fraction of sp³-hybridized carbons (Fsp3) is 0.405. The van der Waals surface area contributed by atoms with Crippen LogP contribution in [-0.2, 0) is 138 Å². The van der Waals surface area contributed by atoms with Gasteiger partial charge in [-0.1, -0.05) is 243 Å². The minimum absolute atomic E-state index is 0.0805. The van der Waals surface area contributed by atoms with E-state index in [1.165, 1.54) is 13.8 Å². The van der Waals surface area contributed by atoms with E-state index in [-0.39, 0.29) is 59.5 Å². The van der Waals surface area contributed by atoms with Gasteiger partial charge in [0.15, 0.2) is 31.3 Å². The number of benzene rings is 8. The number of amides is 1. The molecule has 4 saturated heterocycles. The number of esters is 1. The average molecular weight is 1420 g/mol. The van der Waals surface area contributed by atoms with Gasteiger partial charge in [-0.25, -0.2) is 0 Å². The van der Waals surface area contributed by atoms with E-state index in [0.717, 1.165) is 44.5 Å². The summed E-state index contributed by atoms with van der Waals surface area (Å²) in [5, 5.41) is 15.0. The third-order valence-corrected chi connectivity index (χ3v) is 18.8. The van der Waals surface area contributed by atoms with Crippen LogP contribution in [-0.4, -0.2) is 146 Å². The van der Waals surface area contributed by atoms with Crippen molar-refractivity contribution in [3.63, 3.8) is 0 Å². The van der Waals surface area contributed by atoms with Gasteiger partial charge in [0.25, 0.3) is 0 Å². The highest BCUT2D eigenvalue weighted by Gasteiger charge is 2.57. The van der Waals surface area contributed by atoms with Gasteiger partial charge < -0.3 is 86.2 Å². The van der Waals surface area contributed by atoms with Gasteiger partial charge >= 0.3 is 5.97 Å². The molecular formula is C84H95NO19. The molecule has 12 rings (SSSR count). The number of carbonyl (C=O) groups excluding carboxylic acids is 2. The lowest BCUT2D eigenvalue weighted by atomic mass is 9.95. The Balaban J connectivity index is 0.954. The molecule has 0 aromatic heterocycles. The minimum atomic E-state index is -1.60. The average Bonchev–Trinajstić information content (AvgIpc) is 0.770. The molecule has 0 radical (unpaired) electrons. The molecule has 4 aliphatic heterocycles. The Morgan fingerprint density at radius 1 is 0.317 bits per heavy atom. The van der Waals surface area contributed by atoms with E-state index in [4.69, 9.17) is 75.8 Å². The highest BCUT2D eigenvalue weighted by Crippen LogP contribution is 2.40. The zero-order chi connectivity index (χ0) is 72.0. The molecule has 4 fully saturated rings. The lowest BCUT2D eigenvalue weighted by Crippen LogP contribution is -2.67. The molecule has 4 heterocycles. The molecule has 0 spiro atoms. The molecule has 8 aromatic rings. The van der Waals surface area contributed by atoms with Crippen molar-refractivity contribution in [2.45, 2.75) is 210 Å². The maximum atomic E-state index is 13.8. The van der Waals surface area contributed by atoms with Crippen molar-refractivity contribution in [3.05, 3.63) is 287 Å². The largest absolute Gasteiger partial charge is 0.454 e. The van der Waals surface area contributed by atoms with Gasteiger partial charge in [0.1, 0.15) is 73.2 Å². The van der Waals surface area contributed by atoms with E-state index in [2.05, 4.69) is 5.32 Å². The minimum Gasteiger partial charge on any atom is -0.454 e. The summed E-state index contributed by atoms with van der Waals surface area (Å²) in [5.74, 6) is -1.05. The van der Waals surface area contributed by atoms with Crippen LogP contribution in [0.15, 0.2) is 243 Å². The maximum Gasteiger partial charge on any atom is 0.303 e. The summed E-state index contributed by atoms with van der Waals surface area (Å²) >= 11 is 0. The number of carbonyl (C=O) groups is 2. The Hall–Kier alpha value is -7.94. The maximum absolute atomic E-state index is 13.8. The van der Waals surface area contributed by atoms with Crippen molar-refractivity contribution in [2.75, 3.05) is 6.61 Å². The second-order valence-corrected chi connectivity index (χ2v) is 26.6. The quantitative estimate of drug-likeness (QED) is 0.0366. The van der Waals surface area contributed by atoms with E-state index in [0.29, 0.717) is 0 Å². The number of hydrogen-bond donors (Lipinski definition) is 2. The van der Waals surface area contributed by atoms with Gasteiger partial charge in [0.2, 0.25) is 5.91 Å². The first-order chi connectivity index (χ1) is 50.9. The second kappa shape index (κ2) is 38.4. The number of aliphatic hydroxyl groups is 1. The highest BCUT2D eigenvalue weighted by molar-refractivity contribution is 5.73. The van der Waals surface area contributed by atoms with Crippen molar-refractivity contribution < 1.29 is 90.5 Å². The third kappa shape index (κ3) is 21.0. The fourth-order valence-electron chi connectivity index (χ4n) is 13.6. The number of hydrogen-bond acceptors (Lipinski definition) is 19. The molecule has 20 atom stereocenters. The topological polar surface area (TPSA) is 214 Å². The van der Waals surface area contributed by atoms with Crippen LogP contribution in [0.1, 0.15) is 79.1 Å². The Morgan fingerprint density at radius 3 is 0.885 bits per heavy atom. The molecule has 104 heavy (non-hydrogen) atoms. The molecule has 0 bridgehead atoms. The van der Waals surface area contributed by atoms with Crippen LogP contribution in [0.5, 0.6) is 0 Å². The van der Waals surface area contributed by atoms with E-state index < -0.39 is 135 Å². The van der Waals surface area contributed by atoms with E-state index in [9.17, 15) is 14.7 Å². The summed E-state index contributed by atoms with van der Waals surface area (Å²) in [6, 6.07) is 76.7. The van der Waals surface area contributed by atoms with Gasteiger partial charge in [0, 0.05) is 13.8 Å². The van der Waals surface area contributed by atoms with Crippen molar-refractivity contribution in [1.82, 2.24) is 5.32 Å². The smallest absolute Gasteiger partial charge is 0.303 e. The first-order valence-corrected chi connectivity index (χ1v) is 35.8. The van der Waals surface area contributed by atoms with Crippen LogP contribution in [0.4, 0.5) is 0 Å². The predicted molar refractivity (Wildman–Crippen MR) is 383 cm³/mol. The summed E-state index contributed by atoms with van der Waals surface area (Å²) in [7, 11) is 0. The summed E-state index contributed by atoms with van der Waals surface area (Å²) in [6.07, 6.45) is -20.7. The van der Waals surface area contributed by atoms with E-state index >= 15 is 0 Å². The Bertz CT molecular complexity index is 3790. The standard InChI is InChI=1S/C84H95NO19/c1-55-70(89-46-60-30-14-6-15-31-60)75(94-51-65-40-24-11-25-41-65)78(82(98-55)97-54-68-73(92-49-63-36-20-9-21-37-63)74(69(81(88)102-68)85-58(4)86)93-50-64-38-22-10-23-39-64)103-84-80(77(96-53-67-44-28-13-29-45-67)72(57(3)100-84)91-48-62-34-18-8-19-35-62)104-83-79(101-59(5)87)76(95-52-66-42-26-12-27-43-66)71(56(2)99-83)90-47-61-32-16-7-17-33-61/h6-45,55-57,68-84,88H,46-54H2,1-5H3,(H,85,86)/t55-,56-,57-,68+,69+,70-,71-,72-,73+,74+,75+,76+,77+,78+,79-,80+,81-,82+,83-,84-/m0/s1. The van der Waals surface area contributed by atoms with E-state index in [1.807, 2.05) is 263 Å². The summed E-state index contributed by atoms with van der Waals surface area (Å²) in [4.78, 5) is 26.8. The fourth-order valence-corrected chi connectivity index (χ4v) is 13.6. The normalized spacial score (nSPS) is 29.2. The van der Waals surface area contributed by atoms with Crippen molar-refractivity contribution >= 4 is 11.9 Å². The highest BCUT2D eigenvalue weighted by atomic mass is 16.8. The van der Waals surface area contributed by atoms with Gasteiger partial charge in [-0.15, -0.1) is 0 Å². The zero-order valence-corrected chi connectivity index (χ0v) is 59.3. The van der Waals surface area contributed by atoms with Crippen LogP contribution < -0.4 is 5.32 Å². The Labute approximate surface area is 608 Å². The monoisotopic (exact) mass is 1420 g/mol. The molecule has 2 N–H and O–H groups in total. The molecule has 0 aliphatic carbocycles. The number of ether oxygens (including phenoxy) is 16. The van der Waals surface area contributed by atoms with Gasteiger partial charge in [-0.05, 0) is 65.3 Å². The molecule has 1 amide bonds. The van der Waals surface area contributed by atoms with Gasteiger partial charge in [-0.2, -0.15) is 0 Å². The van der Waals surface area contributed by atoms with Gasteiger partial charge in [0.05, 0.1) is 77.8 Å². The van der Waals surface area contributed by atoms with Crippen LogP contribution in [0.25, 0.3) is 0 Å². The van der Waals surface area contributed by atoms with Gasteiger partial charge in [-0.3, -0.25) is 9.59 Å². The SMILES string of the molecule is CC(=O)N[C@@H]1[C@@H](OCc2ccccc2)[C@H](OCc2ccccc2)[C@@H](CO[C@@H]2O[C@@H](C)[C@H](OCc3ccccc3)[C@@H](OCc3ccccc3)[C@H]2O[C@@H]2O[C@@H](C)[C@H](OCc3ccccc3)[C@@H](OCc3ccccc3)[C@H]2O[C@@H]2O[C@@H](C)[C@H](OCc3ccccc3)[C@@H](OCc3ccccc3)[C@@H]2OC(C)=O)O[C@@H]1O. The number of rotatable bonds is 33. The second-order valence-electron chi connectivity index (χ2n) is 26.6. The first-order valence-electron chi connectivity index (χ1n) is 35.8. The van der Waals surface area contributed by atoms with Crippen LogP contribution in [0, 0.1) is 0 Å².